The Balaban J connectivity index is 2.90. The molecule has 0 saturated heterocycles. The number of methoxy groups -OCH3 is 1. The highest BCUT2D eigenvalue weighted by Crippen LogP contribution is 2.38. The maximum Gasteiger partial charge on any atom is 0.145 e. The molecule has 3 heteroatoms. The van der Waals surface area contributed by atoms with Crippen LogP contribution in [0.4, 0.5) is 0 Å². The number of phenolic OH excluding ortho intramolecular Hbond substituents is 1. The van der Waals surface area contributed by atoms with Crippen molar-refractivity contribution in [3.8, 4) is 11.5 Å². The molecule has 0 atom stereocenters. The van der Waals surface area contributed by atoms with E-state index in [0.29, 0.717) is 10.8 Å². The molecule has 0 heterocycles. The van der Waals surface area contributed by atoms with E-state index in [1.165, 1.54) is 6.07 Å². The Bertz CT molecular complexity index is 480. The molecular formula is C11H9ClO2. The van der Waals surface area contributed by atoms with E-state index in [1.807, 2.05) is 24.3 Å². The largest absolute Gasteiger partial charge is 0.507 e. The number of phenols is 1. The molecule has 0 saturated carbocycles. The highest BCUT2D eigenvalue weighted by atomic mass is 35.5. The van der Waals surface area contributed by atoms with Crippen LogP contribution in [-0.2, 0) is 0 Å². The Morgan fingerprint density at radius 3 is 2.50 bits per heavy atom. The molecule has 2 nitrogen and oxygen atoms in total. The summed E-state index contributed by atoms with van der Waals surface area (Å²) in [7, 11) is 1.56. The van der Waals surface area contributed by atoms with Crippen LogP contribution in [0.15, 0.2) is 30.3 Å². The van der Waals surface area contributed by atoms with Gasteiger partial charge in [0.15, 0.2) is 0 Å². The summed E-state index contributed by atoms with van der Waals surface area (Å²) in [6.45, 7) is 0. The number of halogens is 1. The van der Waals surface area contributed by atoms with E-state index in [0.717, 1.165) is 10.8 Å². The highest BCUT2D eigenvalue weighted by molar-refractivity contribution is 6.33. The normalized spacial score (nSPS) is 10.4. The maximum atomic E-state index is 9.63. The zero-order valence-electron chi connectivity index (χ0n) is 7.62. The van der Waals surface area contributed by atoms with Gasteiger partial charge >= 0.3 is 0 Å². The van der Waals surface area contributed by atoms with Gasteiger partial charge in [0.05, 0.1) is 12.1 Å². The Kier molecular flexibility index (Phi) is 2.22. The van der Waals surface area contributed by atoms with Crippen LogP contribution in [0, 0.1) is 0 Å². The molecule has 0 spiro atoms. The molecule has 0 fully saturated rings. The van der Waals surface area contributed by atoms with E-state index < -0.39 is 0 Å². The first-order chi connectivity index (χ1) is 6.74. The van der Waals surface area contributed by atoms with Crippen molar-refractivity contribution in [2.45, 2.75) is 0 Å². The van der Waals surface area contributed by atoms with Gasteiger partial charge in [-0.05, 0) is 0 Å². The number of rotatable bonds is 1. The first-order valence-electron chi connectivity index (χ1n) is 4.18. The van der Waals surface area contributed by atoms with E-state index in [4.69, 9.17) is 16.3 Å². The Morgan fingerprint density at radius 2 is 1.86 bits per heavy atom. The quantitative estimate of drug-likeness (QED) is 0.780. The third-order valence-corrected chi connectivity index (χ3v) is 2.41. The predicted octanol–water partition coefficient (Wildman–Crippen LogP) is 3.21. The minimum Gasteiger partial charge on any atom is -0.507 e. The molecule has 0 aliphatic rings. The predicted molar refractivity (Wildman–Crippen MR) is 57.2 cm³/mol. The molecule has 72 valence electrons. The van der Waals surface area contributed by atoms with Crippen molar-refractivity contribution in [3.05, 3.63) is 35.4 Å². The molecule has 14 heavy (non-hydrogen) atoms. The van der Waals surface area contributed by atoms with Crippen molar-refractivity contribution in [1.82, 2.24) is 0 Å². The summed E-state index contributed by atoms with van der Waals surface area (Å²) in [6.07, 6.45) is 0. The first-order valence-corrected chi connectivity index (χ1v) is 4.56. The summed E-state index contributed by atoms with van der Waals surface area (Å²) in [5.41, 5.74) is 0. The standard InChI is InChI=1S/C11H9ClO2/c1-14-11-8-5-3-2-4-7(8)10(13)6-9(11)12/h2-6,13H,1H3. The molecule has 0 radical (unpaired) electrons. The fourth-order valence-corrected chi connectivity index (χ4v) is 1.79. The summed E-state index contributed by atoms with van der Waals surface area (Å²) in [5.74, 6) is 0.770. The van der Waals surface area contributed by atoms with E-state index >= 15 is 0 Å². The lowest BCUT2D eigenvalue weighted by molar-refractivity contribution is 0.418. The number of hydrogen-bond acceptors (Lipinski definition) is 2. The lowest BCUT2D eigenvalue weighted by atomic mass is 10.1. The third-order valence-electron chi connectivity index (χ3n) is 2.13. The monoisotopic (exact) mass is 208 g/mol. The van der Waals surface area contributed by atoms with Gasteiger partial charge in [0.1, 0.15) is 11.5 Å². The minimum atomic E-state index is 0.173. The Labute approximate surface area is 86.7 Å². The van der Waals surface area contributed by atoms with E-state index in [9.17, 15) is 5.11 Å². The second-order valence-corrected chi connectivity index (χ2v) is 3.36. The highest BCUT2D eigenvalue weighted by Gasteiger charge is 2.09. The summed E-state index contributed by atoms with van der Waals surface area (Å²) in [4.78, 5) is 0. The molecular weight excluding hydrogens is 200 g/mol. The molecule has 0 aliphatic heterocycles. The lowest BCUT2D eigenvalue weighted by Crippen LogP contribution is -1.86. The number of hydrogen-bond donors (Lipinski definition) is 1. The van der Waals surface area contributed by atoms with Gasteiger partial charge in [-0.3, -0.25) is 0 Å². The average Bonchev–Trinajstić information content (AvgIpc) is 2.18. The molecule has 0 aromatic heterocycles. The SMILES string of the molecule is COc1c(Cl)cc(O)c2ccccc12. The van der Waals surface area contributed by atoms with E-state index in [2.05, 4.69) is 0 Å². The second kappa shape index (κ2) is 3.39. The van der Waals surface area contributed by atoms with Crippen LogP contribution in [0.3, 0.4) is 0 Å². The summed E-state index contributed by atoms with van der Waals surface area (Å²) in [5, 5.41) is 11.6. The number of fused-ring (bicyclic) bond motifs is 1. The van der Waals surface area contributed by atoms with Gasteiger partial charge in [0, 0.05) is 16.8 Å². The van der Waals surface area contributed by atoms with Gasteiger partial charge in [0.25, 0.3) is 0 Å². The van der Waals surface area contributed by atoms with E-state index in [1.54, 1.807) is 7.11 Å². The minimum absolute atomic E-state index is 0.173. The van der Waals surface area contributed by atoms with Gasteiger partial charge in [-0.1, -0.05) is 35.9 Å². The summed E-state index contributed by atoms with van der Waals surface area (Å²) in [6, 6.07) is 8.90. The van der Waals surface area contributed by atoms with Gasteiger partial charge in [-0.25, -0.2) is 0 Å². The maximum absolute atomic E-state index is 9.63. The fourth-order valence-electron chi connectivity index (χ4n) is 1.50. The number of ether oxygens (including phenoxy) is 1. The zero-order chi connectivity index (χ0) is 10.1. The summed E-state index contributed by atoms with van der Waals surface area (Å²) >= 11 is 5.92. The zero-order valence-corrected chi connectivity index (χ0v) is 8.38. The van der Waals surface area contributed by atoms with Crippen LogP contribution in [0.5, 0.6) is 11.5 Å². The molecule has 0 aliphatic carbocycles. The van der Waals surface area contributed by atoms with Crippen molar-refractivity contribution in [1.29, 1.82) is 0 Å². The first kappa shape index (κ1) is 9.16. The van der Waals surface area contributed by atoms with Crippen LogP contribution in [-0.4, -0.2) is 12.2 Å². The van der Waals surface area contributed by atoms with Crippen molar-refractivity contribution in [2.24, 2.45) is 0 Å². The second-order valence-electron chi connectivity index (χ2n) is 2.96. The molecule has 2 aromatic rings. The van der Waals surface area contributed by atoms with Crippen LogP contribution in [0.25, 0.3) is 10.8 Å². The van der Waals surface area contributed by atoms with E-state index in [-0.39, 0.29) is 5.75 Å². The van der Waals surface area contributed by atoms with Gasteiger partial charge in [0.2, 0.25) is 0 Å². The average molecular weight is 209 g/mol. The fraction of sp³-hybridized carbons (Fsp3) is 0.0909. The smallest absolute Gasteiger partial charge is 0.145 e. The van der Waals surface area contributed by atoms with Crippen LogP contribution >= 0.6 is 11.6 Å². The topological polar surface area (TPSA) is 29.5 Å². The van der Waals surface area contributed by atoms with Crippen molar-refractivity contribution in [2.75, 3.05) is 7.11 Å². The van der Waals surface area contributed by atoms with Gasteiger partial charge in [-0.2, -0.15) is 0 Å². The van der Waals surface area contributed by atoms with Gasteiger partial charge < -0.3 is 9.84 Å². The molecule has 2 rings (SSSR count). The lowest BCUT2D eigenvalue weighted by Gasteiger charge is -2.08. The Hall–Kier alpha value is -1.41. The summed E-state index contributed by atoms with van der Waals surface area (Å²) < 4.78 is 5.17. The molecule has 0 unspecified atom stereocenters. The van der Waals surface area contributed by atoms with Gasteiger partial charge in [-0.15, -0.1) is 0 Å². The van der Waals surface area contributed by atoms with Crippen molar-refractivity contribution < 1.29 is 9.84 Å². The van der Waals surface area contributed by atoms with Crippen molar-refractivity contribution in [3.63, 3.8) is 0 Å². The molecule has 1 N–H and O–H groups in total. The van der Waals surface area contributed by atoms with Crippen LogP contribution < -0.4 is 4.74 Å². The number of aromatic hydroxyl groups is 1. The molecule has 0 amide bonds. The molecule has 2 aromatic carbocycles. The Morgan fingerprint density at radius 1 is 1.21 bits per heavy atom. The van der Waals surface area contributed by atoms with Crippen molar-refractivity contribution >= 4 is 22.4 Å². The molecule has 0 bridgehead atoms. The van der Waals surface area contributed by atoms with Crippen LogP contribution in [0.1, 0.15) is 0 Å². The number of benzene rings is 2. The van der Waals surface area contributed by atoms with Crippen LogP contribution in [0.2, 0.25) is 5.02 Å². The third kappa shape index (κ3) is 1.28.